The molecule has 8 heteroatoms. The number of carbonyl (C=O) groups is 2. The van der Waals surface area contributed by atoms with Crippen LogP contribution in [0.4, 0.5) is 5.69 Å². The van der Waals surface area contributed by atoms with E-state index in [0.717, 1.165) is 22.6 Å². The molecule has 0 aromatic heterocycles. The highest BCUT2D eigenvalue weighted by Gasteiger charge is 2.21. The second-order valence-corrected chi connectivity index (χ2v) is 6.88. The molecule has 0 atom stereocenters. The van der Waals surface area contributed by atoms with Crippen LogP contribution in [0.5, 0.6) is 0 Å². The van der Waals surface area contributed by atoms with Crippen molar-refractivity contribution in [3.63, 3.8) is 0 Å². The SMILES string of the molecule is CC(=O)NC(=O)c1ccc2c(c1)N(Cc1ccc(Cl)cc1Cl)C(C)=NC2.Cl. The van der Waals surface area contributed by atoms with Crippen LogP contribution < -0.4 is 10.2 Å². The minimum absolute atomic E-state index is 0. The fourth-order valence-electron chi connectivity index (χ4n) is 2.80. The molecule has 2 amide bonds. The third-order valence-electron chi connectivity index (χ3n) is 4.14. The second kappa shape index (κ2) is 8.74. The Balaban J connectivity index is 0.00000261. The number of benzene rings is 2. The number of amides is 2. The average Bonchev–Trinajstić information content (AvgIpc) is 2.58. The summed E-state index contributed by atoms with van der Waals surface area (Å²) in [6.07, 6.45) is 0. The van der Waals surface area contributed by atoms with Crippen molar-refractivity contribution in [2.45, 2.75) is 26.9 Å². The summed E-state index contributed by atoms with van der Waals surface area (Å²) in [4.78, 5) is 29.9. The molecule has 0 fully saturated rings. The van der Waals surface area contributed by atoms with Gasteiger partial charge in [-0.2, -0.15) is 0 Å². The molecule has 2 aromatic rings. The monoisotopic (exact) mass is 425 g/mol. The maximum Gasteiger partial charge on any atom is 0.257 e. The molecular formula is C19H18Cl3N3O2. The number of rotatable bonds is 3. The van der Waals surface area contributed by atoms with Gasteiger partial charge in [0.2, 0.25) is 5.91 Å². The normalized spacial score (nSPS) is 12.6. The number of nitrogens with zero attached hydrogens (tertiary/aromatic N) is 2. The van der Waals surface area contributed by atoms with E-state index in [2.05, 4.69) is 10.3 Å². The van der Waals surface area contributed by atoms with Crippen LogP contribution >= 0.6 is 35.6 Å². The summed E-state index contributed by atoms with van der Waals surface area (Å²) in [5.74, 6) is 0.00727. The lowest BCUT2D eigenvalue weighted by Gasteiger charge is -2.30. The van der Waals surface area contributed by atoms with Crippen molar-refractivity contribution < 1.29 is 9.59 Å². The molecule has 0 saturated carbocycles. The van der Waals surface area contributed by atoms with E-state index in [9.17, 15) is 9.59 Å². The number of imide groups is 1. The van der Waals surface area contributed by atoms with Crippen LogP contribution in [-0.2, 0) is 17.9 Å². The fraction of sp³-hybridized carbons (Fsp3) is 0.211. The van der Waals surface area contributed by atoms with Gasteiger partial charge in [-0.3, -0.25) is 19.9 Å². The highest BCUT2D eigenvalue weighted by molar-refractivity contribution is 6.35. The lowest BCUT2D eigenvalue weighted by atomic mass is 10.0. The Bertz CT molecular complexity index is 928. The number of amidine groups is 1. The van der Waals surface area contributed by atoms with Crippen molar-refractivity contribution in [2.24, 2.45) is 4.99 Å². The van der Waals surface area contributed by atoms with Gasteiger partial charge >= 0.3 is 0 Å². The molecule has 1 N–H and O–H groups in total. The van der Waals surface area contributed by atoms with Crippen LogP contribution in [0.3, 0.4) is 0 Å². The summed E-state index contributed by atoms with van der Waals surface area (Å²) < 4.78 is 0. The molecule has 2 aromatic carbocycles. The summed E-state index contributed by atoms with van der Waals surface area (Å²) in [5.41, 5.74) is 3.19. The number of halogens is 3. The lowest BCUT2D eigenvalue weighted by molar-refractivity contribution is -0.118. The standard InChI is InChI=1S/C19H17Cl2N3O2.ClH/c1-11-22-9-14-4-3-13(19(26)23-12(2)25)7-18(14)24(11)10-15-5-6-16(20)8-17(15)21;/h3-8H,9-10H2,1-2H3,(H,23,25,26);1H. The van der Waals surface area contributed by atoms with Gasteiger partial charge in [-0.05, 0) is 42.3 Å². The fourth-order valence-corrected chi connectivity index (χ4v) is 3.27. The number of aliphatic imine (C=N–C) groups is 1. The highest BCUT2D eigenvalue weighted by Crippen LogP contribution is 2.31. The Labute approximate surface area is 173 Å². The minimum Gasteiger partial charge on any atom is -0.326 e. The molecule has 5 nitrogen and oxygen atoms in total. The van der Waals surface area contributed by atoms with Gasteiger partial charge in [0.05, 0.1) is 13.1 Å². The lowest BCUT2D eigenvalue weighted by Crippen LogP contribution is -2.33. The van der Waals surface area contributed by atoms with Crippen LogP contribution in [-0.4, -0.2) is 17.6 Å². The molecule has 0 spiro atoms. The average molecular weight is 427 g/mol. The first-order chi connectivity index (χ1) is 12.3. The smallest absolute Gasteiger partial charge is 0.257 e. The van der Waals surface area contributed by atoms with Crippen molar-refractivity contribution in [2.75, 3.05) is 4.90 Å². The van der Waals surface area contributed by atoms with E-state index in [-0.39, 0.29) is 12.4 Å². The number of anilines is 1. The zero-order chi connectivity index (χ0) is 18.8. The van der Waals surface area contributed by atoms with Gasteiger partial charge in [0, 0.05) is 28.2 Å². The van der Waals surface area contributed by atoms with Crippen molar-refractivity contribution in [1.82, 2.24) is 5.32 Å². The zero-order valence-corrected chi connectivity index (χ0v) is 17.1. The van der Waals surface area contributed by atoms with Gasteiger partial charge in [0.15, 0.2) is 0 Å². The van der Waals surface area contributed by atoms with E-state index in [0.29, 0.717) is 28.7 Å². The van der Waals surface area contributed by atoms with Crippen LogP contribution in [0.15, 0.2) is 41.4 Å². The van der Waals surface area contributed by atoms with Gasteiger partial charge < -0.3 is 4.90 Å². The van der Waals surface area contributed by atoms with Gasteiger partial charge in [-0.15, -0.1) is 12.4 Å². The molecule has 1 aliphatic rings. The molecule has 0 radical (unpaired) electrons. The molecule has 0 aliphatic carbocycles. The quantitative estimate of drug-likeness (QED) is 0.778. The van der Waals surface area contributed by atoms with E-state index in [4.69, 9.17) is 23.2 Å². The van der Waals surface area contributed by atoms with E-state index < -0.39 is 11.8 Å². The molecule has 1 aliphatic heterocycles. The van der Waals surface area contributed by atoms with E-state index in [1.807, 2.05) is 24.0 Å². The third kappa shape index (κ3) is 4.80. The Morgan fingerprint density at radius 3 is 2.59 bits per heavy atom. The Morgan fingerprint density at radius 1 is 1.19 bits per heavy atom. The molecule has 0 saturated heterocycles. The van der Waals surface area contributed by atoms with Crippen molar-refractivity contribution in [3.05, 3.63) is 63.1 Å². The first-order valence-electron chi connectivity index (χ1n) is 8.02. The molecule has 142 valence electrons. The Kier molecular flexibility index (Phi) is 6.87. The maximum absolute atomic E-state index is 12.2. The van der Waals surface area contributed by atoms with Crippen molar-refractivity contribution >= 4 is 58.9 Å². The summed E-state index contributed by atoms with van der Waals surface area (Å²) in [6, 6.07) is 10.7. The number of nitrogens with one attached hydrogen (secondary N) is 1. The first-order valence-corrected chi connectivity index (χ1v) is 8.78. The predicted molar refractivity (Wildman–Crippen MR) is 111 cm³/mol. The van der Waals surface area contributed by atoms with Crippen molar-refractivity contribution in [3.8, 4) is 0 Å². The summed E-state index contributed by atoms with van der Waals surface area (Å²) in [7, 11) is 0. The topological polar surface area (TPSA) is 61.8 Å². The number of hydrogen-bond donors (Lipinski definition) is 1. The number of fused-ring (bicyclic) bond motifs is 1. The predicted octanol–water partition coefficient (Wildman–Crippen LogP) is 4.63. The second-order valence-electron chi connectivity index (χ2n) is 6.04. The Hall–Kier alpha value is -2.08. The van der Waals surface area contributed by atoms with E-state index in [1.165, 1.54) is 6.92 Å². The Morgan fingerprint density at radius 2 is 1.93 bits per heavy atom. The highest BCUT2D eigenvalue weighted by atomic mass is 35.5. The van der Waals surface area contributed by atoms with E-state index >= 15 is 0 Å². The molecular weight excluding hydrogens is 409 g/mol. The van der Waals surface area contributed by atoms with Gasteiger partial charge in [0.1, 0.15) is 5.84 Å². The first kappa shape index (κ1) is 21.2. The van der Waals surface area contributed by atoms with Gasteiger partial charge in [-0.1, -0.05) is 35.3 Å². The van der Waals surface area contributed by atoms with Gasteiger partial charge in [0.25, 0.3) is 5.91 Å². The molecule has 0 bridgehead atoms. The van der Waals surface area contributed by atoms with Crippen LogP contribution in [0.1, 0.15) is 35.3 Å². The molecule has 27 heavy (non-hydrogen) atoms. The molecule has 3 rings (SSSR count). The van der Waals surface area contributed by atoms with Crippen LogP contribution in [0, 0.1) is 0 Å². The van der Waals surface area contributed by atoms with E-state index in [1.54, 1.807) is 24.3 Å². The minimum atomic E-state index is -0.426. The number of carbonyl (C=O) groups excluding carboxylic acids is 2. The third-order valence-corrected chi connectivity index (χ3v) is 4.73. The molecule has 0 unspecified atom stereocenters. The maximum atomic E-state index is 12.2. The summed E-state index contributed by atoms with van der Waals surface area (Å²) in [6.45, 7) is 4.26. The molecule has 1 heterocycles. The van der Waals surface area contributed by atoms with Gasteiger partial charge in [-0.25, -0.2) is 0 Å². The summed E-state index contributed by atoms with van der Waals surface area (Å²) >= 11 is 12.3. The van der Waals surface area contributed by atoms with Crippen molar-refractivity contribution in [1.29, 1.82) is 0 Å². The van der Waals surface area contributed by atoms with Crippen LogP contribution in [0.2, 0.25) is 10.0 Å². The van der Waals surface area contributed by atoms with Crippen LogP contribution in [0.25, 0.3) is 0 Å². The number of hydrogen-bond acceptors (Lipinski definition) is 4. The zero-order valence-electron chi connectivity index (χ0n) is 14.8. The largest absolute Gasteiger partial charge is 0.326 e. The summed E-state index contributed by atoms with van der Waals surface area (Å²) in [5, 5.41) is 3.44.